The normalized spacial score (nSPS) is 7.40. The van der Waals surface area contributed by atoms with Crippen molar-refractivity contribution >= 4 is 11.6 Å². The second-order valence-electron chi connectivity index (χ2n) is 1.70. The number of hydrogen-bond donors (Lipinski definition) is 0. The fraction of sp³-hybridized carbons (Fsp3) is 0.333. The summed E-state index contributed by atoms with van der Waals surface area (Å²) >= 11 is 0. The minimum absolute atomic E-state index is 0. The number of carbonyl (C=O) groups excluding carboxylic acids is 2. The molecule has 0 aromatic rings. The molecule has 10 heavy (non-hydrogen) atoms. The third kappa shape index (κ3) is 3.42. The molecule has 0 bridgehead atoms. The van der Waals surface area contributed by atoms with Crippen molar-refractivity contribution in [2.45, 2.75) is 13.8 Å². The molecule has 0 radical (unpaired) electrons. The van der Waals surface area contributed by atoms with Crippen molar-refractivity contribution in [1.82, 2.24) is 0 Å². The fourth-order valence-corrected chi connectivity index (χ4v) is 0.432. The number of ketones is 2. The number of rotatable bonds is 2. The maximum absolute atomic E-state index is 9.99. The van der Waals surface area contributed by atoms with Gasteiger partial charge in [-0.3, -0.25) is 9.59 Å². The predicted molar refractivity (Wildman–Crippen MR) is 33.3 cm³/mol. The van der Waals surface area contributed by atoms with Gasteiger partial charge in [0, 0.05) is 0 Å². The quantitative estimate of drug-likeness (QED) is 0.187. The largest absolute Gasteiger partial charge is 3.00 e. The molecule has 2 N–H and O–H groups in total. The minimum atomic E-state index is -0.162. The van der Waals surface area contributed by atoms with Crippen molar-refractivity contribution < 1.29 is 31.5 Å². The molecular weight excluding hydrogens is 179 g/mol. The summed E-state index contributed by atoms with van der Waals surface area (Å²) in [6.07, 6.45) is 0.407. The van der Waals surface area contributed by atoms with E-state index < -0.39 is 0 Å². The molecule has 0 rings (SSSR count). The van der Waals surface area contributed by atoms with Gasteiger partial charge in [0.1, 0.15) is 0 Å². The van der Waals surface area contributed by atoms with Gasteiger partial charge in [-0.2, -0.15) is 0 Å². The molecule has 0 aliphatic heterocycles. The molecule has 0 aliphatic rings. The average Bonchev–Trinajstić information content (AvgIpc) is 1.64. The second-order valence-corrected chi connectivity index (χ2v) is 1.70. The summed E-state index contributed by atoms with van der Waals surface area (Å²) in [4.78, 5) is 17.3. The molecule has 0 fully saturated rings. The Balaban J connectivity index is 0. The van der Waals surface area contributed by atoms with Crippen LogP contribution in [0.2, 0.25) is 0 Å². The van der Waals surface area contributed by atoms with E-state index in [1.807, 2.05) is 0 Å². The second kappa shape index (κ2) is 5.19. The third-order valence-electron chi connectivity index (χ3n) is 0.897. The first kappa shape index (κ1) is 12.1. The van der Waals surface area contributed by atoms with Gasteiger partial charge in [-0.05, 0) is 0 Å². The van der Waals surface area contributed by atoms with Crippen LogP contribution < -0.4 is 5.11 Å². The SMILES string of the molecule is CC(=[OH+])C(=C[O-])C(C)=[OH+].[Co+3]. The fourth-order valence-electron chi connectivity index (χ4n) is 0.432. The van der Waals surface area contributed by atoms with E-state index in [1.54, 1.807) is 0 Å². The summed E-state index contributed by atoms with van der Waals surface area (Å²) in [6, 6.07) is 0. The maximum Gasteiger partial charge on any atom is 3.00 e. The molecule has 0 saturated carbocycles. The van der Waals surface area contributed by atoms with Crippen LogP contribution in [0.25, 0.3) is 0 Å². The molecular formula is C6H9CoO3+4. The van der Waals surface area contributed by atoms with Crippen LogP contribution in [0.5, 0.6) is 0 Å². The first-order chi connectivity index (χ1) is 4.09. The van der Waals surface area contributed by atoms with Crippen molar-refractivity contribution in [2.75, 3.05) is 0 Å². The molecule has 0 aromatic carbocycles. The van der Waals surface area contributed by atoms with Gasteiger partial charge < -0.3 is 5.11 Å². The molecule has 0 atom stereocenters. The molecule has 4 heteroatoms. The Kier molecular flexibility index (Phi) is 6.28. The van der Waals surface area contributed by atoms with Gasteiger partial charge in [-0.15, -0.1) is 6.26 Å². The summed E-state index contributed by atoms with van der Waals surface area (Å²) in [5, 5.41) is 9.99. The van der Waals surface area contributed by atoms with Crippen molar-refractivity contribution in [3.05, 3.63) is 11.8 Å². The van der Waals surface area contributed by atoms with Crippen LogP contribution in [0.15, 0.2) is 11.8 Å². The molecule has 56 valence electrons. The predicted octanol–water partition coefficient (Wildman–Crippen LogP) is -0.642. The topological polar surface area (TPSA) is 65.9 Å². The summed E-state index contributed by atoms with van der Waals surface area (Å²) < 4.78 is 0. The van der Waals surface area contributed by atoms with Crippen LogP contribution in [-0.4, -0.2) is 21.2 Å². The summed E-state index contributed by atoms with van der Waals surface area (Å²) in [7, 11) is 0. The monoisotopic (exact) mass is 188 g/mol. The van der Waals surface area contributed by atoms with Crippen molar-refractivity contribution in [1.29, 1.82) is 0 Å². The van der Waals surface area contributed by atoms with Crippen LogP contribution >= 0.6 is 0 Å². The van der Waals surface area contributed by atoms with E-state index >= 15 is 0 Å². The molecule has 0 amide bonds. The molecule has 0 spiro atoms. The Hall–Kier alpha value is -0.614. The van der Waals surface area contributed by atoms with E-state index in [-0.39, 0.29) is 33.9 Å². The number of allylic oxidation sites excluding steroid dienone is 1. The van der Waals surface area contributed by atoms with Gasteiger partial charge in [0.05, 0.1) is 13.8 Å². The zero-order valence-electron chi connectivity index (χ0n) is 5.71. The molecule has 0 aromatic heterocycles. The Morgan fingerprint density at radius 1 is 1.20 bits per heavy atom. The van der Waals surface area contributed by atoms with Crippen LogP contribution in [0.3, 0.4) is 0 Å². The summed E-state index contributed by atoms with van der Waals surface area (Å²) in [5.74, 6) is -0.324. The van der Waals surface area contributed by atoms with Crippen LogP contribution in [-0.2, 0) is 16.8 Å². The van der Waals surface area contributed by atoms with Gasteiger partial charge >= 0.3 is 28.3 Å². The molecule has 0 unspecified atom stereocenters. The van der Waals surface area contributed by atoms with Crippen molar-refractivity contribution in [3.8, 4) is 0 Å². The van der Waals surface area contributed by atoms with E-state index in [1.165, 1.54) is 13.8 Å². The summed E-state index contributed by atoms with van der Waals surface area (Å²) in [5.41, 5.74) is -0.0463. The number of hydrogen-bond acceptors (Lipinski definition) is 1. The molecule has 3 nitrogen and oxygen atoms in total. The first-order valence-electron chi connectivity index (χ1n) is 2.47. The maximum atomic E-state index is 9.99. The van der Waals surface area contributed by atoms with Crippen LogP contribution in [0.4, 0.5) is 0 Å². The van der Waals surface area contributed by atoms with E-state index in [0.717, 1.165) is 0 Å². The van der Waals surface area contributed by atoms with Gasteiger partial charge in [0.25, 0.3) is 0 Å². The Morgan fingerprint density at radius 2 is 1.50 bits per heavy atom. The Labute approximate surface area is 69.3 Å². The Morgan fingerprint density at radius 3 is 1.50 bits per heavy atom. The zero-order chi connectivity index (χ0) is 7.44. The van der Waals surface area contributed by atoms with E-state index in [4.69, 9.17) is 9.59 Å². The smallest absolute Gasteiger partial charge is 0.877 e. The van der Waals surface area contributed by atoms with Crippen molar-refractivity contribution in [2.24, 2.45) is 0 Å². The van der Waals surface area contributed by atoms with Crippen LogP contribution in [0.1, 0.15) is 13.8 Å². The first-order valence-corrected chi connectivity index (χ1v) is 2.47. The van der Waals surface area contributed by atoms with Gasteiger partial charge in [0.15, 0.2) is 5.57 Å². The van der Waals surface area contributed by atoms with Crippen LogP contribution in [0, 0.1) is 0 Å². The van der Waals surface area contributed by atoms with Gasteiger partial charge in [-0.25, -0.2) is 0 Å². The van der Waals surface area contributed by atoms with Crippen molar-refractivity contribution in [3.63, 3.8) is 0 Å². The average molecular weight is 188 g/mol. The van der Waals surface area contributed by atoms with E-state index in [0.29, 0.717) is 6.26 Å². The standard InChI is InChI=1S/C6H8O3.Co/c1-4(8)6(3-7)5(2)9;/h3,7H,1-2H3;/q;+3/p+1. The van der Waals surface area contributed by atoms with E-state index in [9.17, 15) is 5.11 Å². The van der Waals surface area contributed by atoms with Gasteiger partial charge in [-0.1, -0.05) is 0 Å². The molecule has 0 aliphatic carbocycles. The third-order valence-corrected chi connectivity index (χ3v) is 0.897. The zero-order valence-corrected chi connectivity index (χ0v) is 6.75. The minimum Gasteiger partial charge on any atom is -0.877 e. The van der Waals surface area contributed by atoms with E-state index in [2.05, 4.69) is 0 Å². The summed E-state index contributed by atoms with van der Waals surface area (Å²) in [6.45, 7) is 2.67. The molecule has 0 heterocycles. The molecule has 0 saturated heterocycles. The van der Waals surface area contributed by atoms with Gasteiger partial charge in [0.2, 0.25) is 0 Å². The Bertz CT molecular complexity index is 156.